The summed E-state index contributed by atoms with van der Waals surface area (Å²) < 4.78 is 118. The van der Waals surface area contributed by atoms with E-state index >= 15 is 0 Å². The summed E-state index contributed by atoms with van der Waals surface area (Å²) in [6, 6.07) is 34.5. The van der Waals surface area contributed by atoms with Gasteiger partial charge < -0.3 is 40.8 Å². The average molecular weight is 1850 g/mol. The van der Waals surface area contributed by atoms with Gasteiger partial charge in [-0.2, -0.15) is 10.5 Å². The first kappa shape index (κ1) is 82.6. The van der Waals surface area contributed by atoms with E-state index in [9.17, 15) is 50.4 Å². The molecule has 0 aliphatic carbocycles. The van der Waals surface area contributed by atoms with Gasteiger partial charge >= 0.3 is 153 Å². The number of nitrogens with zero attached hydrogens (tertiary/aromatic N) is 14. The van der Waals surface area contributed by atoms with Crippen LogP contribution in [-0.4, -0.2) is 40.3 Å². The first-order valence-electron chi connectivity index (χ1n) is 20.0. The first-order valence-corrected chi connectivity index (χ1v) is 24.0. The molecule has 8 aromatic rings. The molecule has 0 N–H and O–H groups in total. The van der Waals surface area contributed by atoms with E-state index in [1.165, 1.54) is 13.8 Å². The minimum Gasteiger partial charge on any atom is -0.255 e. The molecule has 0 saturated heterocycles. The van der Waals surface area contributed by atoms with Crippen molar-refractivity contribution < 1.29 is 137 Å². The van der Waals surface area contributed by atoms with Crippen molar-refractivity contribution in [3.05, 3.63) is 167 Å². The van der Waals surface area contributed by atoms with Gasteiger partial charge in [0.05, 0.1) is 34.9 Å². The Morgan fingerprint density at radius 3 is 0.566 bits per heavy atom. The number of hydrogen-bond acceptors (Lipinski definition) is 10. The fourth-order valence-electron chi connectivity index (χ4n) is 4.13. The van der Waals surface area contributed by atoms with Crippen molar-refractivity contribution in [2.45, 2.75) is 69.2 Å². The van der Waals surface area contributed by atoms with E-state index in [0.717, 1.165) is 68.3 Å². The summed E-state index contributed by atoms with van der Waals surface area (Å²) in [7, 11) is -21.3. The zero-order valence-electron chi connectivity index (χ0n) is 41.5. The molecule has 8 aromatic heterocycles. The van der Waals surface area contributed by atoms with Crippen LogP contribution in [0.25, 0.3) is 22.8 Å². The van der Waals surface area contributed by atoms with Gasteiger partial charge in [-0.05, 0) is 76.2 Å². The second-order valence-electron chi connectivity index (χ2n) is 13.7. The minimum absolute atomic E-state index is 0. The van der Waals surface area contributed by atoms with E-state index in [2.05, 4.69) is 60.7 Å². The SMILES string of the molecule is CC#N.CC#N.Cc1cc(C)[n-]n1.Cc1cc(C)[n-]n1.Cc1cc(C)[n-]n1.Cc1cc(C)[n-]n1.F[P-](F)(F)(F)(F)F.F[P-](F)(F)(F)(F)F.[Au+].[Au+].[Pt+2].[Pt+2].c1ccc(-c2ccccn2)nc1.c1ccc(-c2ccccn2)nc1. The molecule has 0 unspecified atom stereocenters. The fourth-order valence-corrected chi connectivity index (χ4v) is 4.13. The largest absolute Gasteiger partial charge is 2.00 e. The molecule has 0 saturated carbocycles. The van der Waals surface area contributed by atoms with E-state index < -0.39 is 15.6 Å². The molecule has 8 rings (SSSR count). The van der Waals surface area contributed by atoms with Gasteiger partial charge in [0.1, 0.15) is 0 Å². The number of hydrogen-bond donors (Lipinski definition) is 0. The van der Waals surface area contributed by atoms with Crippen molar-refractivity contribution >= 4 is 15.6 Å². The first-order chi connectivity index (χ1) is 32.8. The maximum atomic E-state index is 9.87. The monoisotopic (exact) mass is 1850 g/mol. The maximum Gasteiger partial charge on any atom is 2.00 e. The van der Waals surface area contributed by atoms with Crippen molar-refractivity contribution in [1.82, 2.24) is 60.7 Å². The van der Waals surface area contributed by atoms with Crippen molar-refractivity contribution in [3.8, 4) is 34.9 Å². The van der Waals surface area contributed by atoms with Crippen LogP contribution >= 0.6 is 15.6 Å². The van der Waals surface area contributed by atoms with Crippen LogP contribution < -0.4 is 20.4 Å². The van der Waals surface area contributed by atoms with Gasteiger partial charge in [0.15, 0.2) is 0 Å². The molecular weight excluding hydrogens is 1800 g/mol. The predicted octanol–water partition coefficient (Wildman–Crippen LogP) is 14.7. The molecule has 0 bridgehead atoms. The Labute approximate surface area is 492 Å². The quantitative estimate of drug-likeness (QED) is 0.0896. The second kappa shape index (κ2) is 37.2. The van der Waals surface area contributed by atoms with E-state index in [-0.39, 0.29) is 86.9 Å². The van der Waals surface area contributed by atoms with Crippen LogP contribution in [0.5, 0.6) is 0 Å². The molecule has 0 atom stereocenters. The number of halogens is 12. The molecule has 0 spiro atoms. The molecule has 8 heterocycles. The summed E-state index contributed by atoms with van der Waals surface area (Å²) >= 11 is 0. The van der Waals surface area contributed by atoms with Gasteiger partial charge in [-0.15, -0.1) is 22.8 Å². The van der Waals surface area contributed by atoms with Gasteiger partial charge in [-0.1, -0.05) is 76.2 Å². The van der Waals surface area contributed by atoms with E-state index in [4.69, 9.17) is 10.5 Å². The van der Waals surface area contributed by atoms with Crippen LogP contribution in [-0.2, 0) is 86.9 Å². The Kier molecular flexibility index (Phi) is 40.4. The smallest absolute Gasteiger partial charge is 0.255 e. The van der Waals surface area contributed by atoms with Crippen LogP contribution in [0.3, 0.4) is 0 Å². The van der Waals surface area contributed by atoms with Crippen LogP contribution in [0.2, 0.25) is 0 Å². The predicted molar refractivity (Wildman–Crippen MR) is 253 cm³/mol. The molecule has 0 aromatic carbocycles. The van der Waals surface area contributed by atoms with Gasteiger partial charge in [0, 0.05) is 61.4 Å². The molecule has 0 aliphatic heterocycles. The third-order valence-corrected chi connectivity index (χ3v) is 6.32. The molecule has 32 heteroatoms. The third kappa shape index (κ3) is 63.6. The van der Waals surface area contributed by atoms with Gasteiger partial charge in [0.2, 0.25) is 0 Å². The molecule has 0 fully saturated rings. The molecule has 432 valence electrons. The Morgan fingerprint density at radius 2 is 0.500 bits per heavy atom. The Bertz CT molecular complexity index is 2350. The average Bonchev–Trinajstić information content (AvgIpc) is 4.07. The molecule has 76 heavy (non-hydrogen) atoms. The number of aryl methyl sites for hydroxylation is 8. The second-order valence-corrected chi connectivity index (χ2v) is 17.6. The molecule has 14 nitrogen and oxygen atoms in total. The number of aromatic nitrogens is 12. The van der Waals surface area contributed by atoms with Crippen LogP contribution in [0.15, 0.2) is 122 Å². The van der Waals surface area contributed by atoms with Crippen molar-refractivity contribution in [2.75, 3.05) is 0 Å². The summed E-state index contributed by atoms with van der Waals surface area (Å²) in [5.41, 5.74) is 11.6. The van der Waals surface area contributed by atoms with Gasteiger partial charge in [0.25, 0.3) is 0 Å². The van der Waals surface area contributed by atoms with E-state index in [1.54, 1.807) is 36.9 Å². The standard InChI is InChI=1S/2C10H8N2.4C5H7N2.2C2H3N.2Au.2F6P.2Pt/c2*1-3-7-11-9(5-1)10-6-2-4-8-12-10;4*1-4-3-5(2)7-6-4;2*1-2-3;;;2*1-7(2,3,4,5)6;;/h2*1-8H;4*3H,1-2H3;2*1H3;;;;;;/q;;4*-1;;;2*+1;2*-1;2*+2. The zero-order chi connectivity index (χ0) is 55.8. The minimum atomic E-state index is -10.7. The van der Waals surface area contributed by atoms with Crippen LogP contribution in [0.1, 0.15) is 59.4 Å². The Hall–Kier alpha value is -4.70. The molecule has 0 amide bonds. The van der Waals surface area contributed by atoms with Crippen molar-refractivity contribution in [3.63, 3.8) is 0 Å². The van der Waals surface area contributed by atoms with E-state index in [1.807, 2.05) is 152 Å². The number of pyridine rings is 4. The summed E-state index contributed by atoms with van der Waals surface area (Å²) in [6.45, 7) is 18.3. The molecular formula is C44H50Au2F12N14P2Pt2. The van der Waals surface area contributed by atoms with E-state index in [0.29, 0.717) is 0 Å². The van der Waals surface area contributed by atoms with Gasteiger partial charge in [-0.3, -0.25) is 19.9 Å². The van der Waals surface area contributed by atoms with Crippen molar-refractivity contribution in [1.29, 1.82) is 10.5 Å². The maximum absolute atomic E-state index is 10.7. The van der Waals surface area contributed by atoms with Gasteiger partial charge in [-0.25, -0.2) is 0 Å². The zero-order valence-corrected chi connectivity index (χ0v) is 52.1. The topological polar surface area (TPSA) is 207 Å². The Morgan fingerprint density at radius 1 is 0.355 bits per heavy atom. The summed E-state index contributed by atoms with van der Waals surface area (Å²) in [5.74, 6) is 0. The Balaban J connectivity index is -0.000000182. The number of nitriles is 2. The summed E-state index contributed by atoms with van der Waals surface area (Å²) in [4.78, 5) is 16.7. The third-order valence-electron chi connectivity index (χ3n) is 6.32. The van der Waals surface area contributed by atoms with Crippen molar-refractivity contribution in [2.24, 2.45) is 0 Å². The van der Waals surface area contributed by atoms with Crippen LogP contribution in [0, 0.1) is 78.1 Å². The molecule has 0 aliphatic rings. The number of rotatable bonds is 2. The molecule has 0 radical (unpaired) electrons. The summed E-state index contributed by atoms with van der Waals surface area (Å²) in [6.07, 6.45) is 7.07. The van der Waals surface area contributed by atoms with Crippen LogP contribution in [0.4, 0.5) is 50.4 Å². The summed E-state index contributed by atoms with van der Waals surface area (Å²) in [5, 5.41) is 44.8. The normalized spacial score (nSPS) is 11.0. The fraction of sp³-hybridized carbons (Fsp3) is 0.227.